The third-order valence-electron chi connectivity index (χ3n) is 2.38. The topological polar surface area (TPSA) is 27.1 Å². The van der Waals surface area contributed by atoms with Crippen molar-refractivity contribution in [2.45, 2.75) is 6.18 Å². The summed E-state index contributed by atoms with van der Waals surface area (Å²) in [5.41, 5.74) is -0.263. The molecule has 1 heterocycles. The second kappa shape index (κ2) is 5.31. The van der Waals surface area contributed by atoms with Gasteiger partial charge >= 0.3 is 6.18 Å². The van der Waals surface area contributed by atoms with Crippen molar-refractivity contribution in [1.82, 2.24) is 9.78 Å². The van der Waals surface area contributed by atoms with E-state index in [4.69, 9.17) is 4.74 Å². The van der Waals surface area contributed by atoms with E-state index in [1.54, 1.807) is 12.1 Å². The molecular formula is C11H7BrF3IN2O. The zero-order valence-electron chi connectivity index (χ0n) is 9.50. The monoisotopic (exact) mass is 446 g/mol. The van der Waals surface area contributed by atoms with Gasteiger partial charge in [0.15, 0.2) is 0 Å². The molecule has 0 aliphatic carbocycles. The highest BCUT2D eigenvalue weighted by Crippen LogP contribution is 2.33. The molecule has 0 spiro atoms. The van der Waals surface area contributed by atoms with Crippen molar-refractivity contribution in [1.29, 1.82) is 0 Å². The molecule has 0 unspecified atom stereocenters. The number of alkyl halides is 3. The molecule has 0 N–H and O–H groups in total. The van der Waals surface area contributed by atoms with Crippen molar-refractivity contribution in [3.8, 4) is 11.4 Å². The number of hydrogen-bond donors (Lipinski definition) is 0. The van der Waals surface area contributed by atoms with Gasteiger partial charge in [-0.15, -0.1) is 0 Å². The maximum atomic E-state index is 12.5. The first-order valence-corrected chi connectivity index (χ1v) is 6.85. The van der Waals surface area contributed by atoms with Gasteiger partial charge < -0.3 is 4.74 Å². The molecule has 0 fully saturated rings. The Morgan fingerprint density at radius 1 is 1.37 bits per heavy atom. The van der Waals surface area contributed by atoms with Gasteiger partial charge in [-0.1, -0.05) is 0 Å². The van der Waals surface area contributed by atoms with E-state index in [9.17, 15) is 13.2 Å². The SMILES string of the molecule is COc1cc(-n2cc(C(F)(F)F)cn2)c(I)cc1Br. The summed E-state index contributed by atoms with van der Waals surface area (Å²) >= 11 is 5.34. The van der Waals surface area contributed by atoms with Crippen molar-refractivity contribution >= 4 is 38.5 Å². The molecule has 2 aromatic rings. The minimum atomic E-state index is -4.40. The smallest absolute Gasteiger partial charge is 0.419 e. The number of aromatic nitrogens is 2. The summed E-state index contributed by atoms with van der Waals surface area (Å²) in [7, 11) is 1.49. The fraction of sp³-hybridized carbons (Fsp3) is 0.182. The van der Waals surface area contributed by atoms with E-state index in [2.05, 4.69) is 21.0 Å². The van der Waals surface area contributed by atoms with Crippen LogP contribution in [0, 0.1) is 3.57 Å². The fourth-order valence-corrected chi connectivity index (χ4v) is 3.10. The van der Waals surface area contributed by atoms with E-state index in [1.165, 1.54) is 11.8 Å². The molecule has 2 rings (SSSR count). The number of benzene rings is 1. The number of halogens is 5. The quantitative estimate of drug-likeness (QED) is 0.644. The summed E-state index contributed by atoms with van der Waals surface area (Å²) in [5.74, 6) is 0.527. The predicted octanol–water partition coefficient (Wildman–Crippen LogP) is 4.27. The molecule has 0 amide bonds. The summed E-state index contributed by atoms with van der Waals surface area (Å²) in [6, 6.07) is 3.38. The van der Waals surface area contributed by atoms with Crippen LogP contribution in [0.3, 0.4) is 0 Å². The van der Waals surface area contributed by atoms with Gasteiger partial charge in [0.25, 0.3) is 0 Å². The van der Waals surface area contributed by atoms with Crippen molar-refractivity contribution in [3.63, 3.8) is 0 Å². The van der Waals surface area contributed by atoms with Gasteiger partial charge in [-0.25, -0.2) is 4.68 Å². The van der Waals surface area contributed by atoms with Gasteiger partial charge in [-0.3, -0.25) is 0 Å². The molecule has 8 heteroatoms. The number of ether oxygens (including phenoxy) is 1. The standard InChI is InChI=1S/C11H7BrF3IN2O/c1-19-10-3-9(8(16)2-7(10)12)18-5-6(4-17-18)11(13,14)15/h2-5H,1H3. The number of hydrogen-bond acceptors (Lipinski definition) is 2. The van der Waals surface area contributed by atoms with E-state index in [1.807, 2.05) is 22.6 Å². The zero-order chi connectivity index (χ0) is 14.2. The van der Waals surface area contributed by atoms with Gasteiger partial charge in [-0.2, -0.15) is 18.3 Å². The molecule has 0 aliphatic heterocycles. The average molecular weight is 447 g/mol. The molecular weight excluding hydrogens is 440 g/mol. The molecule has 19 heavy (non-hydrogen) atoms. The Morgan fingerprint density at radius 2 is 2.05 bits per heavy atom. The van der Waals surface area contributed by atoms with Crippen LogP contribution in [0.2, 0.25) is 0 Å². The number of methoxy groups -OCH3 is 1. The average Bonchev–Trinajstić information content (AvgIpc) is 2.78. The first kappa shape index (κ1) is 14.6. The third kappa shape index (κ3) is 3.04. The Balaban J connectivity index is 2.50. The van der Waals surface area contributed by atoms with E-state index < -0.39 is 11.7 Å². The lowest BCUT2D eigenvalue weighted by Gasteiger charge is -2.09. The lowest BCUT2D eigenvalue weighted by Crippen LogP contribution is -2.03. The van der Waals surface area contributed by atoms with Crippen LogP contribution in [-0.4, -0.2) is 16.9 Å². The van der Waals surface area contributed by atoms with Crippen LogP contribution < -0.4 is 4.74 Å². The summed E-state index contributed by atoms with van der Waals surface area (Å²) in [5, 5.41) is 3.74. The highest BCUT2D eigenvalue weighted by Gasteiger charge is 2.32. The fourth-order valence-electron chi connectivity index (χ4n) is 1.45. The molecule has 3 nitrogen and oxygen atoms in total. The van der Waals surface area contributed by atoms with Crippen molar-refractivity contribution in [2.24, 2.45) is 0 Å². The lowest BCUT2D eigenvalue weighted by atomic mass is 10.3. The Hall–Kier alpha value is -0.770. The molecule has 0 bridgehead atoms. The lowest BCUT2D eigenvalue weighted by molar-refractivity contribution is -0.137. The van der Waals surface area contributed by atoms with Gasteiger partial charge in [0, 0.05) is 15.8 Å². The predicted molar refractivity (Wildman–Crippen MR) is 75.5 cm³/mol. The normalized spacial score (nSPS) is 11.7. The Labute approximate surface area is 129 Å². The van der Waals surface area contributed by atoms with Crippen LogP contribution in [0.5, 0.6) is 5.75 Å². The minimum absolute atomic E-state index is 0.524. The molecule has 0 atom stereocenters. The minimum Gasteiger partial charge on any atom is -0.495 e. The second-order valence-corrected chi connectivity index (χ2v) is 5.63. The second-order valence-electron chi connectivity index (χ2n) is 3.61. The van der Waals surface area contributed by atoms with Crippen LogP contribution in [0.1, 0.15) is 5.56 Å². The summed E-state index contributed by atoms with van der Waals surface area (Å²) in [6.07, 6.45) is -2.65. The molecule has 0 aliphatic rings. The summed E-state index contributed by atoms with van der Waals surface area (Å²) in [4.78, 5) is 0. The van der Waals surface area contributed by atoms with Crippen LogP contribution in [0.4, 0.5) is 13.2 Å². The highest BCUT2D eigenvalue weighted by atomic mass is 127. The van der Waals surface area contributed by atoms with Crippen LogP contribution >= 0.6 is 38.5 Å². The first-order chi connectivity index (χ1) is 8.82. The maximum absolute atomic E-state index is 12.5. The Kier molecular flexibility index (Phi) is 4.09. The van der Waals surface area contributed by atoms with Crippen LogP contribution in [0.25, 0.3) is 5.69 Å². The maximum Gasteiger partial charge on any atom is 0.419 e. The highest BCUT2D eigenvalue weighted by molar-refractivity contribution is 14.1. The van der Waals surface area contributed by atoms with Crippen molar-refractivity contribution < 1.29 is 17.9 Å². The Bertz CT molecular complexity index is 612. The third-order valence-corrected chi connectivity index (χ3v) is 3.86. The number of nitrogens with zero attached hydrogens (tertiary/aromatic N) is 2. The molecule has 102 valence electrons. The van der Waals surface area contributed by atoms with Crippen LogP contribution in [-0.2, 0) is 6.18 Å². The van der Waals surface area contributed by atoms with E-state index in [-0.39, 0.29) is 0 Å². The van der Waals surface area contributed by atoms with Gasteiger partial charge in [0.1, 0.15) is 5.75 Å². The summed E-state index contributed by atoms with van der Waals surface area (Å²) < 4.78 is 45.4. The molecule has 1 aromatic carbocycles. The molecule has 1 aromatic heterocycles. The van der Waals surface area contributed by atoms with E-state index >= 15 is 0 Å². The molecule has 0 saturated carbocycles. The van der Waals surface area contributed by atoms with Gasteiger partial charge in [-0.05, 0) is 44.6 Å². The van der Waals surface area contributed by atoms with Gasteiger partial charge in [0.05, 0.1) is 29.0 Å². The van der Waals surface area contributed by atoms with Crippen LogP contribution in [0.15, 0.2) is 29.0 Å². The number of rotatable bonds is 2. The summed E-state index contributed by atoms with van der Waals surface area (Å²) in [6.45, 7) is 0. The van der Waals surface area contributed by atoms with Crippen molar-refractivity contribution in [2.75, 3.05) is 7.11 Å². The molecule has 0 saturated heterocycles. The van der Waals surface area contributed by atoms with E-state index in [0.717, 1.165) is 20.4 Å². The zero-order valence-corrected chi connectivity index (χ0v) is 13.2. The molecule has 0 radical (unpaired) electrons. The Morgan fingerprint density at radius 3 is 2.58 bits per heavy atom. The van der Waals surface area contributed by atoms with Crippen molar-refractivity contribution in [3.05, 3.63) is 38.1 Å². The largest absolute Gasteiger partial charge is 0.495 e. The van der Waals surface area contributed by atoms with Gasteiger partial charge in [0.2, 0.25) is 0 Å². The van der Waals surface area contributed by atoms with E-state index in [0.29, 0.717) is 11.4 Å². The first-order valence-electron chi connectivity index (χ1n) is 4.98.